The maximum Gasteiger partial charge on any atom is 0.338 e. The van der Waals surface area contributed by atoms with Crippen molar-refractivity contribution in [3.8, 4) is 0 Å². The number of carbonyl (C=O) groups is 4. The fourth-order valence-electron chi connectivity index (χ4n) is 3.37. The highest BCUT2D eigenvalue weighted by molar-refractivity contribution is 5.97. The summed E-state index contributed by atoms with van der Waals surface area (Å²) in [6.45, 7) is 16.9. The third-order valence-electron chi connectivity index (χ3n) is 5.48. The maximum absolute atomic E-state index is 12.9. The van der Waals surface area contributed by atoms with Crippen LogP contribution in [0.3, 0.4) is 0 Å². The first kappa shape index (κ1) is 32.1. The summed E-state index contributed by atoms with van der Waals surface area (Å²) in [5, 5.41) is 5.64. The van der Waals surface area contributed by atoms with E-state index >= 15 is 0 Å². The summed E-state index contributed by atoms with van der Waals surface area (Å²) in [5.74, 6) is -1.07. The van der Waals surface area contributed by atoms with E-state index in [1.807, 2.05) is 55.4 Å². The van der Waals surface area contributed by atoms with E-state index < -0.39 is 24.1 Å². The van der Waals surface area contributed by atoms with E-state index in [9.17, 15) is 19.2 Å². The molecule has 0 saturated carbocycles. The molecular formula is C29H46N2O6. The van der Waals surface area contributed by atoms with Gasteiger partial charge in [-0.1, -0.05) is 61.5 Å². The second-order valence-corrected chi connectivity index (χ2v) is 11.2. The van der Waals surface area contributed by atoms with Crippen molar-refractivity contribution < 1.29 is 28.7 Å². The van der Waals surface area contributed by atoms with E-state index in [4.69, 9.17) is 9.47 Å². The van der Waals surface area contributed by atoms with Crippen LogP contribution in [-0.2, 0) is 19.1 Å². The van der Waals surface area contributed by atoms with Crippen molar-refractivity contribution in [1.29, 1.82) is 0 Å². The number of carbonyl (C=O) groups excluding carboxylic acids is 4. The Morgan fingerprint density at radius 1 is 0.649 bits per heavy atom. The molecule has 2 atom stereocenters. The van der Waals surface area contributed by atoms with Gasteiger partial charge in [-0.15, -0.1) is 0 Å². The van der Waals surface area contributed by atoms with E-state index in [1.54, 1.807) is 6.07 Å². The number of hydrogen-bond donors (Lipinski definition) is 2. The lowest BCUT2D eigenvalue weighted by Gasteiger charge is -2.20. The van der Waals surface area contributed by atoms with Crippen LogP contribution in [0.25, 0.3) is 0 Å². The predicted octanol–water partition coefficient (Wildman–Crippen LogP) is 4.76. The second kappa shape index (κ2) is 16.0. The van der Waals surface area contributed by atoms with Crippen LogP contribution in [0.15, 0.2) is 24.3 Å². The van der Waals surface area contributed by atoms with Gasteiger partial charge in [-0.05, 0) is 61.1 Å². The van der Waals surface area contributed by atoms with Gasteiger partial charge in [0, 0.05) is 13.1 Å². The molecule has 0 heterocycles. The predicted molar refractivity (Wildman–Crippen MR) is 144 cm³/mol. The molecule has 0 aromatic heterocycles. The number of rotatable bonds is 15. The first-order valence-electron chi connectivity index (χ1n) is 13.4. The molecule has 0 fully saturated rings. The monoisotopic (exact) mass is 518 g/mol. The fourth-order valence-corrected chi connectivity index (χ4v) is 3.37. The quantitative estimate of drug-likeness (QED) is 0.324. The SMILES string of the molecule is CC(C)CC[C@H](OC(=O)c1cccc(C(=O)O[C@@H](CC(C)C)C(=O)NCC(C)C)c1)C(=O)NCC(C)C. The average Bonchev–Trinajstić information content (AvgIpc) is 2.82. The minimum Gasteiger partial charge on any atom is -0.449 e. The molecule has 1 aromatic carbocycles. The molecule has 0 aliphatic rings. The van der Waals surface area contributed by atoms with E-state index in [0.717, 1.165) is 6.42 Å². The van der Waals surface area contributed by atoms with Crippen molar-refractivity contribution in [2.24, 2.45) is 23.7 Å². The maximum atomic E-state index is 12.9. The summed E-state index contributed by atoms with van der Waals surface area (Å²) in [7, 11) is 0. The summed E-state index contributed by atoms with van der Waals surface area (Å²) in [6, 6.07) is 5.95. The normalized spacial score (nSPS) is 13.0. The lowest BCUT2D eigenvalue weighted by Crippen LogP contribution is -2.40. The number of esters is 2. The van der Waals surface area contributed by atoms with Crippen LogP contribution in [0.1, 0.15) is 95.4 Å². The van der Waals surface area contributed by atoms with Gasteiger partial charge < -0.3 is 20.1 Å². The Kier molecular flexibility index (Phi) is 13.9. The highest BCUT2D eigenvalue weighted by Crippen LogP contribution is 2.16. The van der Waals surface area contributed by atoms with Gasteiger partial charge in [0.25, 0.3) is 11.8 Å². The van der Waals surface area contributed by atoms with E-state index in [1.165, 1.54) is 18.2 Å². The van der Waals surface area contributed by atoms with Crippen molar-refractivity contribution >= 4 is 23.8 Å². The Morgan fingerprint density at radius 3 is 1.54 bits per heavy atom. The molecule has 0 aliphatic heterocycles. The van der Waals surface area contributed by atoms with Crippen molar-refractivity contribution in [3.63, 3.8) is 0 Å². The van der Waals surface area contributed by atoms with Gasteiger partial charge >= 0.3 is 11.9 Å². The smallest absolute Gasteiger partial charge is 0.338 e. The Bertz CT molecular complexity index is 894. The minimum absolute atomic E-state index is 0.128. The van der Waals surface area contributed by atoms with Gasteiger partial charge in [0.2, 0.25) is 0 Å². The summed E-state index contributed by atoms with van der Waals surface area (Å²) >= 11 is 0. The minimum atomic E-state index is -0.938. The van der Waals surface area contributed by atoms with Crippen molar-refractivity contribution in [1.82, 2.24) is 10.6 Å². The molecular weight excluding hydrogens is 472 g/mol. The van der Waals surface area contributed by atoms with Gasteiger partial charge in [0.05, 0.1) is 11.1 Å². The zero-order chi connectivity index (χ0) is 28.1. The molecule has 0 unspecified atom stereocenters. The number of ether oxygens (including phenoxy) is 2. The molecule has 0 aliphatic carbocycles. The Labute approximate surface area is 222 Å². The number of hydrogen-bond acceptors (Lipinski definition) is 6. The molecule has 37 heavy (non-hydrogen) atoms. The van der Waals surface area contributed by atoms with E-state index in [0.29, 0.717) is 31.8 Å². The van der Waals surface area contributed by atoms with Crippen LogP contribution in [0.4, 0.5) is 0 Å². The fraction of sp³-hybridized carbons (Fsp3) is 0.655. The van der Waals surface area contributed by atoms with Crippen molar-refractivity contribution in [2.45, 2.75) is 86.9 Å². The molecule has 208 valence electrons. The molecule has 8 nitrogen and oxygen atoms in total. The topological polar surface area (TPSA) is 111 Å². The number of benzene rings is 1. The summed E-state index contributed by atoms with van der Waals surface area (Å²) in [4.78, 5) is 51.1. The van der Waals surface area contributed by atoms with E-state index in [2.05, 4.69) is 10.6 Å². The zero-order valence-corrected chi connectivity index (χ0v) is 23.8. The molecule has 1 rings (SSSR count). The van der Waals surface area contributed by atoms with Gasteiger partial charge in [0.15, 0.2) is 12.2 Å². The highest BCUT2D eigenvalue weighted by atomic mass is 16.6. The Morgan fingerprint density at radius 2 is 1.11 bits per heavy atom. The highest BCUT2D eigenvalue weighted by Gasteiger charge is 2.27. The van der Waals surface area contributed by atoms with Gasteiger partial charge in [-0.2, -0.15) is 0 Å². The second-order valence-electron chi connectivity index (χ2n) is 11.2. The van der Waals surface area contributed by atoms with E-state index in [-0.39, 0.29) is 40.7 Å². The Hall–Kier alpha value is -2.90. The first-order valence-corrected chi connectivity index (χ1v) is 13.4. The summed E-state index contributed by atoms with van der Waals surface area (Å²) in [6.07, 6.45) is -0.371. The number of nitrogens with one attached hydrogen (secondary N) is 2. The lowest BCUT2D eigenvalue weighted by atomic mass is 10.0. The number of amides is 2. The van der Waals surface area contributed by atoms with Crippen LogP contribution >= 0.6 is 0 Å². The van der Waals surface area contributed by atoms with Crippen molar-refractivity contribution in [3.05, 3.63) is 35.4 Å². The third-order valence-corrected chi connectivity index (χ3v) is 5.48. The van der Waals surface area contributed by atoms with Crippen LogP contribution < -0.4 is 10.6 Å². The molecule has 0 saturated heterocycles. The molecule has 2 N–H and O–H groups in total. The van der Waals surface area contributed by atoms with Crippen LogP contribution in [0, 0.1) is 23.7 Å². The summed E-state index contributed by atoms with van der Waals surface area (Å²) < 4.78 is 11.1. The van der Waals surface area contributed by atoms with Crippen LogP contribution in [0.5, 0.6) is 0 Å². The molecule has 0 spiro atoms. The van der Waals surface area contributed by atoms with Crippen LogP contribution in [-0.4, -0.2) is 49.1 Å². The molecule has 0 radical (unpaired) electrons. The third kappa shape index (κ3) is 12.8. The zero-order valence-electron chi connectivity index (χ0n) is 23.8. The molecule has 8 heteroatoms. The van der Waals surface area contributed by atoms with Crippen LogP contribution in [0.2, 0.25) is 0 Å². The van der Waals surface area contributed by atoms with Crippen molar-refractivity contribution in [2.75, 3.05) is 13.1 Å². The van der Waals surface area contributed by atoms with Gasteiger partial charge in [-0.25, -0.2) is 9.59 Å². The standard InChI is InChI=1S/C29H46N2O6/c1-18(2)12-13-24(26(32)30-16-20(5)6)36-28(34)22-10-9-11-23(15-22)29(35)37-25(14-19(3)4)27(33)31-17-21(7)8/h9-11,15,18-21,24-25H,12-14,16-17H2,1-8H3,(H,30,32)(H,31,33)/t24-,25-/m0/s1. The summed E-state index contributed by atoms with van der Waals surface area (Å²) in [5.41, 5.74) is 0.258. The van der Waals surface area contributed by atoms with Gasteiger partial charge in [-0.3, -0.25) is 9.59 Å². The average molecular weight is 519 g/mol. The molecule has 2 amide bonds. The van der Waals surface area contributed by atoms with Gasteiger partial charge in [0.1, 0.15) is 0 Å². The lowest BCUT2D eigenvalue weighted by molar-refractivity contribution is -0.131. The molecule has 1 aromatic rings. The molecule has 0 bridgehead atoms. The Balaban J connectivity index is 2.98. The largest absolute Gasteiger partial charge is 0.449 e. The first-order chi connectivity index (χ1) is 17.3.